The van der Waals surface area contributed by atoms with Crippen molar-refractivity contribution in [1.82, 2.24) is 0 Å². The van der Waals surface area contributed by atoms with Crippen LogP contribution in [0, 0.1) is 10.1 Å². The number of carbonyl (C=O) groups excluding carboxylic acids is 1. The lowest BCUT2D eigenvalue weighted by Gasteiger charge is -1.95. The van der Waals surface area contributed by atoms with Crippen molar-refractivity contribution < 1.29 is 9.72 Å². The Morgan fingerprint density at radius 3 is 1.75 bits per heavy atom. The molecule has 0 bridgehead atoms. The van der Waals surface area contributed by atoms with E-state index in [9.17, 15) is 14.9 Å². The van der Waals surface area contributed by atoms with E-state index >= 15 is 0 Å². The van der Waals surface area contributed by atoms with Crippen LogP contribution in [0.2, 0.25) is 0 Å². The fourth-order valence-electron chi connectivity index (χ4n) is 2.04. The molecule has 0 aliphatic carbocycles. The smallest absolute Gasteiger partial charge is 0.207 e. The molecule has 0 amide bonds. The van der Waals surface area contributed by atoms with Gasteiger partial charge in [-0.25, -0.2) is 0 Å². The van der Waals surface area contributed by atoms with Gasteiger partial charge in [0.25, 0.3) is 0 Å². The predicted octanol–water partition coefficient (Wildman–Crippen LogP) is 5.50. The highest BCUT2D eigenvalue weighted by atomic mass is 16.6. The molecule has 0 heterocycles. The Balaban J connectivity index is 3.39. The number of unbranched alkanes of at least 4 members (excludes halogenated alkanes) is 5. The Labute approximate surface area is 146 Å². The van der Waals surface area contributed by atoms with Crippen molar-refractivity contribution in [3.63, 3.8) is 0 Å². The van der Waals surface area contributed by atoms with Gasteiger partial charge in [0, 0.05) is 17.8 Å². The van der Waals surface area contributed by atoms with E-state index in [-0.39, 0.29) is 11.5 Å². The van der Waals surface area contributed by atoms with Crippen LogP contribution >= 0.6 is 0 Å². The molecule has 0 spiro atoms. The molecular weight excluding hydrogens is 302 g/mol. The third-order valence-corrected chi connectivity index (χ3v) is 3.36. The van der Waals surface area contributed by atoms with Gasteiger partial charge in [-0.05, 0) is 38.5 Å². The Morgan fingerprint density at radius 1 is 0.708 bits per heavy atom. The van der Waals surface area contributed by atoms with Crippen LogP contribution in [0.3, 0.4) is 0 Å². The van der Waals surface area contributed by atoms with Crippen molar-refractivity contribution in [1.29, 1.82) is 0 Å². The second kappa shape index (κ2) is 19.1. The molecule has 0 aliphatic rings. The molecule has 0 saturated carbocycles. The molecule has 0 unspecified atom stereocenters. The number of hydrogen-bond donors (Lipinski definition) is 0. The number of nitro groups is 1. The number of rotatable bonds is 16. The van der Waals surface area contributed by atoms with Gasteiger partial charge in [0.1, 0.15) is 0 Å². The van der Waals surface area contributed by atoms with Crippen molar-refractivity contribution in [3.05, 3.63) is 58.7 Å². The monoisotopic (exact) mass is 332 g/mol. The number of hydrogen-bond acceptors (Lipinski definition) is 3. The molecule has 0 aromatic rings. The lowest BCUT2D eigenvalue weighted by molar-refractivity contribution is -0.478. The van der Waals surface area contributed by atoms with E-state index in [0.29, 0.717) is 12.8 Å². The minimum atomic E-state index is -0.297. The molecule has 0 saturated heterocycles. The van der Waals surface area contributed by atoms with Crippen LogP contribution in [0.5, 0.6) is 0 Å². The van der Waals surface area contributed by atoms with Crippen molar-refractivity contribution in [2.24, 2.45) is 0 Å². The summed E-state index contributed by atoms with van der Waals surface area (Å²) in [5.74, 6) is 0. The van der Waals surface area contributed by atoms with E-state index in [1.165, 1.54) is 12.8 Å². The first-order valence-corrected chi connectivity index (χ1v) is 8.84. The van der Waals surface area contributed by atoms with E-state index in [2.05, 4.69) is 36.5 Å². The average Bonchev–Trinajstić information content (AvgIpc) is 2.56. The summed E-state index contributed by atoms with van der Waals surface area (Å²) in [6.45, 7) is 0.00930. The summed E-state index contributed by atoms with van der Waals surface area (Å²) in [5, 5.41) is 10.1. The fraction of sp³-hybridized carbons (Fsp3) is 0.550. The minimum absolute atomic E-state index is 0.00930. The standard InChI is InChI=1S/C20H30NO3/c22-20-18-16-14-12-10-8-6-4-2-1-3-5-7-9-11-13-15-17-19-21(23)24/h1,3-4,6-7,9,13,15H,2,5,8,10-12,14,16-19H2. The normalized spacial score (nSPS) is 12.2. The summed E-state index contributed by atoms with van der Waals surface area (Å²) in [6.07, 6.45) is 28.0. The number of nitrogens with zero attached hydrogens (tertiary/aromatic N) is 1. The van der Waals surface area contributed by atoms with Gasteiger partial charge in [0.2, 0.25) is 6.54 Å². The van der Waals surface area contributed by atoms with Gasteiger partial charge in [-0.3, -0.25) is 14.9 Å². The van der Waals surface area contributed by atoms with E-state index < -0.39 is 0 Å². The summed E-state index contributed by atoms with van der Waals surface area (Å²) in [7, 11) is 0. The molecule has 0 aromatic heterocycles. The van der Waals surface area contributed by atoms with Crippen LogP contribution in [-0.4, -0.2) is 17.8 Å². The zero-order valence-electron chi connectivity index (χ0n) is 14.6. The predicted molar refractivity (Wildman–Crippen MR) is 100 cm³/mol. The largest absolute Gasteiger partial charge is 0.291 e. The SMILES string of the molecule is O=[C]CCCCCCC=CCC=CCC=CCC=CCC[N+](=O)[O-]. The van der Waals surface area contributed by atoms with Gasteiger partial charge in [-0.1, -0.05) is 61.4 Å². The third-order valence-electron chi connectivity index (χ3n) is 3.36. The first-order valence-electron chi connectivity index (χ1n) is 8.84. The Kier molecular flexibility index (Phi) is 17.5. The van der Waals surface area contributed by atoms with Gasteiger partial charge in [0.05, 0.1) is 0 Å². The summed E-state index contributed by atoms with van der Waals surface area (Å²) in [5.41, 5.74) is 0. The van der Waals surface area contributed by atoms with Crippen LogP contribution in [0.15, 0.2) is 48.6 Å². The zero-order valence-corrected chi connectivity index (χ0v) is 14.6. The minimum Gasteiger partial charge on any atom is -0.291 e. The third kappa shape index (κ3) is 20.0. The van der Waals surface area contributed by atoms with E-state index in [1.807, 2.05) is 18.4 Å². The molecule has 0 aliphatic heterocycles. The van der Waals surface area contributed by atoms with Crippen LogP contribution in [0.1, 0.15) is 64.2 Å². The molecule has 4 heteroatoms. The van der Waals surface area contributed by atoms with Crippen LogP contribution in [0.25, 0.3) is 0 Å². The molecule has 1 radical (unpaired) electrons. The molecule has 0 aromatic carbocycles. The van der Waals surface area contributed by atoms with Gasteiger partial charge in [-0.15, -0.1) is 0 Å². The maximum absolute atomic E-state index is 10.1. The molecule has 133 valence electrons. The van der Waals surface area contributed by atoms with Gasteiger partial charge in [-0.2, -0.15) is 0 Å². The second-order valence-corrected chi connectivity index (χ2v) is 5.53. The Hall–Kier alpha value is -1.97. The van der Waals surface area contributed by atoms with Crippen molar-refractivity contribution >= 4 is 6.29 Å². The average molecular weight is 332 g/mol. The first kappa shape index (κ1) is 22.0. The van der Waals surface area contributed by atoms with Gasteiger partial charge >= 0.3 is 0 Å². The van der Waals surface area contributed by atoms with E-state index in [4.69, 9.17) is 0 Å². The molecule has 0 rings (SSSR count). The maximum atomic E-state index is 10.1. The highest BCUT2D eigenvalue weighted by molar-refractivity contribution is 5.50. The summed E-state index contributed by atoms with van der Waals surface area (Å²) in [4.78, 5) is 19.8. The summed E-state index contributed by atoms with van der Waals surface area (Å²) in [6, 6.07) is 0. The molecule has 0 N–H and O–H groups in total. The second-order valence-electron chi connectivity index (χ2n) is 5.53. The Bertz CT molecular complexity index is 423. The van der Waals surface area contributed by atoms with E-state index in [0.717, 1.165) is 38.5 Å². The highest BCUT2D eigenvalue weighted by Gasteiger charge is 1.90. The number of allylic oxidation sites excluding steroid dienone is 7. The fourth-order valence-corrected chi connectivity index (χ4v) is 2.04. The molecule has 4 nitrogen and oxygen atoms in total. The zero-order chi connectivity index (χ0) is 17.7. The lowest BCUT2D eigenvalue weighted by atomic mass is 10.1. The first-order chi connectivity index (χ1) is 11.8. The van der Waals surface area contributed by atoms with Crippen molar-refractivity contribution in [3.8, 4) is 0 Å². The molecule has 0 fully saturated rings. The Morgan fingerprint density at radius 2 is 1.21 bits per heavy atom. The summed E-state index contributed by atoms with van der Waals surface area (Å²) >= 11 is 0. The lowest BCUT2D eigenvalue weighted by Crippen LogP contribution is -1.97. The van der Waals surface area contributed by atoms with Crippen LogP contribution < -0.4 is 0 Å². The van der Waals surface area contributed by atoms with Gasteiger partial charge < -0.3 is 0 Å². The highest BCUT2D eigenvalue weighted by Crippen LogP contribution is 2.05. The molecule has 0 atom stereocenters. The topological polar surface area (TPSA) is 60.2 Å². The maximum Gasteiger partial charge on any atom is 0.207 e. The van der Waals surface area contributed by atoms with Crippen molar-refractivity contribution in [2.75, 3.05) is 6.54 Å². The van der Waals surface area contributed by atoms with Gasteiger partial charge in [0.15, 0.2) is 6.29 Å². The molecule has 24 heavy (non-hydrogen) atoms. The quantitative estimate of drug-likeness (QED) is 0.162. The molecular formula is C20H30NO3. The van der Waals surface area contributed by atoms with Crippen LogP contribution in [-0.2, 0) is 4.79 Å². The summed E-state index contributed by atoms with van der Waals surface area (Å²) < 4.78 is 0. The van der Waals surface area contributed by atoms with E-state index in [1.54, 1.807) is 0 Å². The van der Waals surface area contributed by atoms with Crippen LogP contribution in [0.4, 0.5) is 0 Å². The van der Waals surface area contributed by atoms with Crippen molar-refractivity contribution in [2.45, 2.75) is 64.2 Å².